The third-order valence-electron chi connectivity index (χ3n) is 4.44. The maximum Gasteiger partial charge on any atom is 0.340 e. The lowest BCUT2D eigenvalue weighted by molar-refractivity contribution is 0.0527. The van der Waals surface area contributed by atoms with Crippen molar-refractivity contribution in [3.05, 3.63) is 84.4 Å². The Morgan fingerprint density at radius 2 is 1.58 bits per heavy atom. The fraction of sp³-hybridized carbons (Fsp3) is 0.0870. The smallest absolute Gasteiger partial charge is 0.340 e. The van der Waals surface area contributed by atoms with Gasteiger partial charge in [-0.15, -0.1) is 0 Å². The second-order valence-electron chi connectivity index (χ2n) is 6.12. The molecule has 0 unspecified atom stereocenters. The van der Waals surface area contributed by atoms with E-state index in [9.17, 15) is 4.79 Å². The predicted molar refractivity (Wildman–Crippen MR) is 105 cm³/mol. The number of carbonyl (C=O) groups is 1. The summed E-state index contributed by atoms with van der Waals surface area (Å²) < 4.78 is 5.25. The maximum atomic E-state index is 12.5. The molecule has 0 radical (unpaired) electrons. The summed E-state index contributed by atoms with van der Waals surface area (Å²) in [6.45, 7) is 2.17. The Morgan fingerprint density at radius 1 is 0.846 bits per heavy atom. The van der Waals surface area contributed by atoms with Gasteiger partial charge in [-0.25, -0.2) is 4.79 Å². The number of rotatable bonds is 4. The van der Waals surface area contributed by atoms with Crippen LogP contribution in [0.15, 0.2) is 78.9 Å². The summed E-state index contributed by atoms with van der Waals surface area (Å²) in [5, 5.41) is 2.36. The van der Waals surface area contributed by atoms with Gasteiger partial charge in [0, 0.05) is 5.69 Å². The molecular weight excluding hydrogens is 322 g/mol. The SMILES string of the molecule is CCOC(=O)c1cc(-c2ccc3ccccc3c2)[nH]c1-c1ccccc1. The van der Waals surface area contributed by atoms with Crippen molar-refractivity contribution in [3.8, 4) is 22.5 Å². The Bertz CT molecular complexity index is 1060. The number of fused-ring (bicyclic) bond motifs is 1. The Hall–Kier alpha value is -3.33. The van der Waals surface area contributed by atoms with Gasteiger partial charge in [0.2, 0.25) is 0 Å². The van der Waals surface area contributed by atoms with Crippen LogP contribution in [-0.2, 0) is 4.74 Å². The Balaban J connectivity index is 1.84. The number of aromatic amines is 1. The van der Waals surface area contributed by atoms with E-state index in [1.54, 1.807) is 0 Å². The van der Waals surface area contributed by atoms with Crippen molar-refractivity contribution < 1.29 is 9.53 Å². The van der Waals surface area contributed by atoms with E-state index in [2.05, 4.69) is 35.3 Å². The fourth-order valence-electron chi connectivity index (χ4n) is 3.17. The number of aromatic nitrogens is 1. The number of carbonyl (C=O) groups excluding carboxylic acids is 1. The summed E-state index contributed by atoms with van der Waals surface area (Å²) >= 11 is 0. The zero-order valence-corrected chi connectivity index (χ0v) is 14.5. The van der Waals surface area contributed by atoms with Gasteiger partial charge in [-0.05, 0) is 41.0 Å². The molecule has 1 N–H and O–H groups in total. The van der Waals surface area contributed by atoms with Gasteiger partial charge in [0.15, 0.2) is 0 Å². The Kier molecular flexibility index (Phi) is 4.28. The zero-order valence-electron chi connectivity index (χ0n) is 14.5. The molecule has 3 aromatic carbocycles. The molecule has 3 nitrogen and oxygen atoms in total. The third kappa shape index (κ3) is 3.00. The largest absolute Gasteiger partial charge is 0.462 e. The van der Waals surface area contributed by atoms with Crippen LogP contribution in [0.1, 0.15) is 17.3 Å². The first-order valence-corrected chi connectivity index (χ1v) is 8.71. The number of nitrogens with one attached hydrogen (secondary N) is 1. The lowest BCUT2D eigenvalue weighted by Gasteiger charge is -2.04. The van der Waals surface area contributed by atoms with Gasteiger partial charge in [0.1, 0.15) is 0 Å². The summed E-state index contributed by atoms with van der Waals surface area (Å²) in [4.78, 5) is 15.9. The highest BCUT2D eigenvalue weighted by molar-refractivity contribution is 5.99. The van der Waals surface area contributed by atoms with E-state index in [0.29, 0.717) is 12.2 Å². The molecule has 0 atom stereocenters. The van der Waals surface area contributed by atoms with E-state index in [0.717, 1.165) is 22.5 Å². The molecule has 4 aromatic rings. The molecule has 1 aromatic heterocycles. The average molecular weight is 341 g/mol. The van der Waals surface area contributed by atoms with Gasteiger partial charge >= 0.3 is 5.97 Å². The minimum Gasteiger partial charge on any atom is -0.462 e. The first-order chi connectivity index (χ1) is 12.8. The van der Waals surface area contributed by atoms with Crippen LogP contribution < -0.4 is 0 Å². The van der Waals surface area contributed by atoms with Gasteiger partial charge in [-0.1, -0.05) is 66.7 Å². The Labute approximate surface area is 152 Å². The number of H-pyrrole nitrogens is 1. The van der Waals surface area contributed by atoms with Gasteiger partial charge in [-0.2, -0.15) is 0 Å². The minimum atomic E-state index is -0.311. The molecule has 128 valence electrons. The highest BCUT2D eigenvalue weighted by Crippen LogP contribution is 2.31. The second kappa shape index (κ2) is 6.89. The van der Waals surface area contributed by atoms with E-state index >= 15 is 0 Å². The quantitative estimate of drug-likeness (QED) is 0.485. The molecule has 0 saturated carbocycles. The van der Waals surface area contributed by atoms with Crippen molar-refractivity contribution in [2.75, 3.05) is 6.61 Å². The summed E-state index contributed by atoms with van der Waals surface area (Å²) in [6, 6.07) is 26.3. The number of hydrogen-bond acceptors (Lipinski definition) is 2. The van der Waals surface area contributed by atoms with Crippen molar-refractivity contribution in [3.63, 3.8) is 0 Å². The van der Waals surface area contributed by atoms with Crippen LogP contribution in [-0.4, -0.2) is 17.6 Å². The number of ether oxygens (including phenoxy) is 1. The lowest BCUT2D eigenvalue weighted by atomic mass is 10.0. The van der Waals surface area contributed by atoms with E-state index in [1.165, 1.54) is 10.8 Å². The summed E-state index contributed by atoms with van der Waals surface area (Å²) in [6.07, 6.45) is 0. The van der Waals surface area contributed by atoms with E-state index in [1.807, 2.05) is 55.5 Å². The summed E-state index contributed by atoms with van der Waals surface area (Å²) in [5.41, 5.74) is 4.24. The first kappa shape index (κ1) is 16.2. The van der Waals surface area contributed by atoms with Gasteiger partial charge in [-0.3, -0.25) is 0 Å². The van der Waals surface area contributed by atoms with E-state index < -0.39 is 0 Å². The van der Waals surface area contributed by atoms with Crippen molar-refractivity contribution in [2.45, 2.75) is 6.92 Å². The van der Waals surface area contributed by atoms with Crippen LogP contribution in [0.2, 0.25) is 0 Å². The van der Waals surface area contributed by atoms with Gasteiger partial charge in [0.25, 0.3) is 0 Å². The monoisotopic (exact) mass is 341 g/mol. The molecule has 0 bridgehead atoms. The second-order valence-corrected chi connectivity index (χ2v) is 6.12. The number of hydrogen-bond donors (Lipinski definition) is 1. The van der Waals surface area contributed by atoms with Crippen LogP contribution in [0.25, 0.3) is 33.3 Å². The average Bonchev–Trinajstić information content (AvgIpc) is 3.14. The van der Waals surface area contributed by atoms with E-state index in [-0.39, 0.29) is 5.97 Å². The highest BCUT2D eigenvalue weighted by atomic mass is 16.5. The normalized spacial score (nSPS) is 10.8. The van der Waals surface area contributed by atoms with Gasteiger partial charge in [0.05, 0.1) is 17.9 Å². The minimum absolute atomic E-state index is 0.311. The molecule has 0 aliphatic rings. The Morgan fingerprint density at radius 3 is 2.35 bits per heavy atom. The van der Waals surface area contributed by atoms with Crippen LogP contribution >= 0.6 is 0 Å². The zero-order chi connectivity index (χ0) is 17.9. The van der Waals surface area contributed by atoms with Gasteiger partial charge < -0.3 is 9.72 Å². The molecule has 26 heavy (non-hydrogen) atoms. The molecule has 0 fully saturated rings. The van der Waals surface area contributed by atoms with Crippen LogP contribution in [0.3, 0.4) is 0 Å². The molecule has 0 spiro atoms. The van der Waals surface area contributed by atoms with E-state index in [4.69, 9.17) is 4.74 Å². The summed E-state index contributed by atoms with van der Waals surface area (Å²) in [5.74, 6) is -0.311. The van der Waals surface area contributed by atoms with Crippen LogP contribution in [0.5, 0.6) is 0 Å². The first-order valence-electron chi connectivity index (χ1n) is 8.71. The fourth-order valence-corrected chi connectivity index (χ4v) is 3.17. The summed E-state index contributed by atoms with van der Waals surface area (Å²) in [7, 11) is 0. The molecule has 3 heteroatoms. The van der Waals surface area contributed by atoms with Crippen molar-refractivity contribution in [1.82, 2.24) is 4.98 Å². The molecule has 1 heterocycles. The third-order valence-corrected chi connectivity index (χ3v) is 4.44. The van der Waals surface area contributed by atoms with Crippen molar-refractivity contribution >= 4 is 16.7 Å². The molecule has 0 aliphatic carbocycles. The van der Waals surface area contributed by atoms with Crippen LogP contribution in [0.4, 0.5) is 0 Å². The number of esters is 1. The topological polar surface area (TPSA) is 42.1 Å². The molecule has 0 saturated heterocycles. The van der Waals surface area contributed by atoms with Crippen LogP contribution in [0, 0.1) is 0 Å². The predicted octanol–water partition coefficient (Wildman–Crippen LogP) is 5.68. The molecule has 0 amide bonds. The molecule has 4 rings (SSSR count). The number of benzene rings is 3. The van der Waals surface area contributed by atoms with Crippen molar-refractivity contribution in [2.24, 2.45) is 0 Å². The highest BCUT2D eigenvalue weighted by Gasteiger charge is 2.18. The maximum absolute atomic E-state index is 12.5. The van der Waals surface area contributed by atoms with Crippen molar-refractivity contribution in [1.29, 1.82) is 0 Å². The molecular formula is C23H19NO2. The lowest BCUT2D eigenvalue weighted by Crippen LogP contribution is -2.04. The standard InChI is InChI=1S/C23H19NO2/c1-2-26-23(25)20-15-21(24-22(20)17-9-4-3-5-10-17)19-13-12-16-8-6-7-11-18(16)14-19/h3-15,24H,2H2,1H3. The molecule has 0 aliphatic heterocycles.